The van der Waals surface area contributed by atoms with Gasteiger partial charge in [0.15, 0.2) is 11.6 Å². The van der Waals surface area contributed by atoms with E-state index in [1.165, 1.54) is 11.6 Å². The van der Waals surface area contributed by atoms with Gasteiger partial charge >= 0.3 is 0 Å². The maximum absolute atomic E-state index is 13.3. The number of hydrazine groups is 1. The summed E-state index contributed by atoms with van der Waals surface area (Å²) >= 11 is 0. The Morgan fingerprint density at radius 3 is 2.52 bits per heavy atom. The van der Waals surface area contributed by atoms with Gasteiger partial charge in [-0.2, -0.15) is 0 Å². The van der Waals surface area contributed by atoms with Gasteiger partial charge in [0.2, 0.25) is 0 Å². The molecule has 0 heterocycles. The fraction of sp³-hybridized carbons (Fsp3) is 0.294. The van der Waals surface area contributed by atoms with Crippen molar-refractivity contribution in [2.45, 2.75) is 32.2 Å². The molecule has 112 valence electrons. The number of nitrogens with one attached hydrogen (secondary N) is 1. The van der Waals surface area contributed by atoms with Crippen molar-refractivity contribution in [3.05, 3.63) is 70.8 Å². The highest BCUT2D eigenvalue weighted by Crippen LogP contribution is 2.20. The molecule has 0 amide bonds. The van der Waals surface area contributed by atoms with Crippen molar-refractivity contribution >= 4 is 0 Å². The Kier molecular flexibility index (Phi) is 5.42. The van der Waals surface area contributed by atoms with Crippen molar-refractivity contribution in [3.8, 4) is 0 Å². The van der Waals surface area contributed by atoms with E-state index in [2.05, 4.69) is 24.5 Å². The average Bonchev–Trinajstić information content (AvgIpc) is 2.49. The third-order valence-corrected chi connectivity index (χ3v) is 3.52. The lowest BCUT2D eigenvalue weighted by Crippen LogP contribution is -2.29. The molecule has 0 aliphatic carbocycles. The standard InChI is InChI=1S/C17H20F2N2/c1-2-4-12-5-3-6-14(9-12)17(21-20)11-13-7-8-15(18)16(19)10-13/h3,5-10,17,21H,2,4,11,20H2,1H3. The van der Waals surface area contributed by atoms with Crippen molar-refractivity contribution in [1.29, 1.82) is 0 Å². The molecule has 0 aliphatic rings. The molecule has 2 nitrogen and oxygen atoms in total. The van der Waals surface area contributed by atoms with E-state index in [0.29, 0.717) is 12.0 Å². The molecule has 0 bridgehead atoms. The number of benzene rings is 2. The first-order valence-electron chi connectivity index (χ1n) is 7.13. The largest absolute Gasteiger partial charge is 0.271 e. The number of hydrogen-bond acceptors (Lipinski definition) is 2. The molecule has 1 unspecified atom stereocenters. The number of hydrogen-bond donors (Lipinski definition) is 2. The number of aryl methyl sites for hydroxylation is 1. The first-order chi connectivity index (χ1) is 10.1. The molecule has 0 aromatic heterocycles. The van der Waals surface area contributed by atoms with Crippen molar-refractivity contribution in [1.82, 2.24) is 5.43 Å². The second kappa shape index (κ2) is 7.29. The van der Waals surface area contributed by atoms with Gasteiger partial charge in [0, 0.05) is 6.04 Å². The predicted octanol–water partition coefficient (Wildman–Crippen LogP) is 3.66. The summed E-state index contributed by atoms with van der Waals surface area (Å²) in [4.78, 5) is 0. The van der Waals surface area contributed by atoms with Crippen LogP contribution in [0.4, 0.5) is 8.78 Å². The summed E-state index contributed by atoms with van der Waals surface area (Å²) in [6.45, 7) is 2.13. The van der Waals surface area contributed by atoms with Crippen LogP contribution < -0.4 is 11.3 Å². The van der Waals surface area contributed by atoms with E-state index < -0.39 is 11.6 Å². The molecule has 2 rings (SSSR count). The van der Waals surface area contributed by atoms with Crippen LogP contribution in [0.1, 0.15) is 36.1 Å². The smallest absolute Gasteiger partial charge is 0.159 e. The lowest BCUT2D eigenvalue weighted by atomic mass is 9.97. The zero-order valence-electron chi connectivity index (χ0n) is 12.1. The number of halogens is 2. The summed E-state index contributed by atoms with van der Waals surface area (Å²) in [6, 6.07) is 12.0. The number of rotatable bonds is 6. The molecule has 0 fully saturated rings. The molecule has 0 aliphatic heterocycles. The van der Waals surface area contributed by atoms with E-state index >= 15 is 0 Å². The van der Waals surface area contributed by atoms with Gasteiger partial charge in [-0.3, -0.25) is 11.3 Å². The Hall–Kier alpha value is -1.78. The first-order valence-corrected chi connectivity index (χ1v) is 7.13. The zero-order chi connectivity index (χ0) is 15.2. The van der Waals surface area contributed by atoms with E-state index in [0.717, 1.165) is 24.5 Å². The SMILES string of the molecule is CCCc1cccc(C(Cc2ccc(F)c(F)c2)NN)c1. The van der Waals surface area contributed by atoms with Gasteiger partial charge in [-0.05, 0) is 41.7 Å². The van der Waals surface area contributed by atoms with Gasteiger partial charge in [0.1, 0.15) is 0 Å². The maximum atomic E-state index is 13.3. The normalized spacial score (nSPS) is 12.4. The van der Waals surface area contributed by atoms with Gasteiger partial charge in [-0.15, -0.1) is 0 Å². The van der Waals surface area contributed by atoms with Crippen LogP contribution in [0.3, 0.4) is 0 Å². The van der Waals surface area contributed by atoms with E-state index in [4.69, 9.17) is 5.84 Å². The maximum Gasteiger partial charge on any atom is 0.159 e. The molecule has 4 heteroatoms. The minimum Gasteiger partial charge on any atom is -0.271 e. The first kappa shape index (κ1) is 15.6. The van der Waals surface area contributed by atoms with E-state index in [1.54, 1.807) is 6.07 Å². The molecule has 2 aromatic rings. The van der Waals surface area contributed by atoms with Crippen LogP contribution >= 0.6 is 0 Å². The molecule has 0 saturated carbocycles. The van der Waals surface area contributed by atoms with Gasteiger partial charge in [0.05, 0.1) is 0 Å². The highest BCUT2D eigenvalue weighted by Gasteiger charge is 2.12. The van der Waals surface area contributed by atoms with Crippen molar-refractivity contribution < 1.29 is 8.78 Å². The molecule has 3 N–H and O–H groups in total. The summed E-state index contributed by atoms with van der Waals surface area (Å²) in [6.07, 6.45) is 2.59. The van der Waals surface area contributed by atoms with Crippen molar-refractivity contribution in [2.75, 3.05) is 0 Å². The van der Waals surface area contributed by atoms with Gasteiger partial charge in [-0.1, -0.05) is 43.7 Å². The summed E-state index contributed by atoms with van der Waals surface area (Å²) in [5, 5.41) is 0. The minimum absolute atomic E-state index is 0.133. The van der Waals surface area contributed by atoms with E-state index in [1.807, 2.05) is 12.1 Å². The molecule has 21 heavy (non-hydrogen) atoms. The van der Waals surface area contributed by atoms with E-state index in [-0.39, 0.29) is 6.04 Å². The quantitative estimate of drug-likeness (QED) is 0.629. The Morgan fingerprint density at radius 1 is 1.05 bits per heavy atom. The van der Waals surface area contributed by atoms with Gasteiger partial charge in [0.25, 0.3) is 0 Å². The van der Waals surface area contributed by atoms with Crippen LogP contribution in [0.25, 0.3) is 0 Å². The van der Waals surface area contributed by atoms with Crippen LogP contribution in [0.5, 0.6) is 0 Å². The predicted molar refractivity (Wildman–Crippen MR) is 80.6 cm³/mol. The van der Waals surface area contributed by atoms with Crippen LogP contribution in [0, 0.1) is 11.6 Å². The highest BCUT2D eigenvalue weighted by molar-refractivity contribution is 5.28. The summed E-state index contributed by atoms with van der Waals surface area (Å²) in [5.41, 5.74) is 5.76. The molecule has 2 aromatic carbocycles. The lowest BCUT2D eigenvalue weighted by molar-refractivity contribution is 0.502. The zero-order valence-corrected chi connectivity index (χ0v) is 12.1. The summed E-state index contributed by atoms with van der Waals surface area (Å²) < 4.78 is 26.2. The Morgan fingerprint density at radius 2 is 1.86 bits per heavy atom. The van der Waals surface area contributed by atoms with Crippen molar-refractivity contribution in [2.24, 2.45) is 5.84 Å². The second-order valence-electron chi connectivity index (χ2n) is 5.17. The topological polar surface area (TPSA) is 38.0 Å². The summed E-state index contributed by atoms with van der Waals surface area (Å²) in [5.74, 6) is 3.96. The fourth-order valence-corrected chi connectivity index (χ4v) is 2.43. The molecule has 1 atom stereocenters. The van der Waals surface area contributed by atoms with Gasteiger partial charge < -0.3 is 0 Å². The van der Waals surface area contributed by atoms with E-state index in [9.17, 15) is 8.78 Å². The van der Waals surface area contributed by atoms with Crippen LogP contribution in [-0.4, -0.2) is 0 Å². The molecular formula is C17H20F2N2. The summed E-state index contributed by atoms with van der Waals surface area (Å²) in [7, 11) is 0. The second-order valence-corrected chi connectivity index (χ2v) is 5.17. The lowest BCUT2D eigenvalue weighted by Gasteiger charge is -2.17. The minimum atomic E-state index is -0.832. The van der Waals surface area contributed by atoms with Crippen LogP contribution in [-0.2, 0) is 12.8 Å². The average molecular weight is 290 g/mol. The molecular weight excluding hydrogens is 270 g/mol. The van der Waals surface area contributed by atoms with Crippen molar-refractivity contribution in [3.63, 3.8) is 0 Å². The fourth-order valence-electron chi connectivity index (χ4n) is 2.43. The third-order valence-electron chi connectivity index (χ3n) is 3.52. The molecule has 0 spiro atoms. The Labute approximate surface area is 124 Å². The Balaban J connectivity index is 2.19. The van der Waals surface area contributed by atoms with Crippen LogP contribution in [0.15, 0.2) is 42.5 Å². The molecule has 0 saturated heterocycles. The van der Waals surface area contributed by atoms with Crippen LogP contribution in [0.2, 0.25) is 0 Å². The molecule has 0 radical (unpaired) electrons. The Bertz CT molecular complexity index is 599. The number of nitrogens with two attached hydrogens (primary N) is 1. The highest BCUT2D eigenvalue weighted by atomic mass is 19.2. The third kappa shape index (κ3) is 4.09. The van der Waals surface area contributed by atoms with Gasteiger partial charge in [-0.25, -0.2) is 8.78 Å². The monoisotopic (exact) mass is 290 g/mol.